The maximum absolute atomic E-state index is 11.3. The molecule has 0 radical (unpaired) electrons. The third-order valence-electron chi connectivity index (χ3n) is 4.35. The Hall–Kier alpha value is -1.73. The van der Waals surface area contributed by atoms with Crippen LogP contribution in [0.25, 0.3) is 0 Å². The summed E-state index contributed by atoms with van der Waals surface area (Å²) in [5.41, 5.74) is 0.770. The molecule has 1 aliphatic rings. The van der Waals surface area contributed by atoms with Crippen LogP contribution in [0.15, 0.2) is 12.3 Å². The van der Waals surface area contributed by atoms with Crippen molar-refractivity contribution in [3.05, 3.63) is 27.9 Å². The van der Waals surface area contributed by atoms with Crippen LogP contribution in [0, 0.1) is 17.0 Å². The van der Waals surface area contributed by atoms with E-state index in [1.807, 2.05) is 4.90 Å². The molecule has 0 aliphatic carbocycles. The number of rotatable bonds is 6. The number of pyridine rings is 1. The summed E-state index contributed by atoms with van der Waals surface area (Å²) in [5, 5.41) is 20.2. The van der Waals surface area contributed by atoms with E-state index in [4.69, 9.17) is 5.11 Å². The zero-order valence-electron chi connectivity index (χ0n) is 13.2. The van der Waals surface area contributed by atoms with Crippen LogP contribution < -0.4 is 4.90 Å². The maximum atomic E-state index is 11.3. The van der Waals surface area contributed by atoms with E-state index in [0.717, 1.165) is 38.9 Å². The molecule has 1 N–H and O–H groups in total. The molecular formula is C15H24N4O3. The van der Waals surface area contributed by atoms with Gasteiger partial charge in [-0.3, -0.25) is 10.1 Å². The van der Waals surface area contributed by atoms with E-state index in [2.05, 4.69) is 16.9 Å². The molecule has 0 unspecified atom stereocenters. The fourth-order valence-electron chi connectivity index (χ4n) is 3.01. The van der Waals surface area contributed by atoms with Gasteiger partial charge >= 0.3 is 5.69 Å². The van der Waals surface area contributed by atoms with Crippen molar-refractivity contribution in [2.75, 3.05) is 38.2 Å². The molecule has 2 heterocycles. The lowest BCUT2D eigenvalue weighted by atomic mass is 10.0. The summed E-state index contributed by atoms with van der Waals surface area (Å²) in [6, 6.07) is 2.14. The molecule has 122 valence electrons. The Morgan fingerprint density at radius 3 is 2.77 bits per heavy atom. The summed E-state index contributed by atoms with van der Waals surface area (Å²) >= 11 is 0. The predicted octanol–water partition coefficient (Wildman–Crippen LogP) is 1.58. The van der Waals surface area contributed by atoms with E-state index in [0.29, 0.717) is 17.4 Å². The average molecular weight is 308 g/mol. The summed E-state index contributed by atoms with van der Waals surface area (Å²) in [7, 11) is 2.07. The number of anilines is 1. The van der Waals surface area contributed by atoms with Crippen molar-refractivity contribution in [2.45, 2.75) is 32.2 Å². The first-order valence-electron chi connectivity index (χ1n) is 7.70. The van der Waals surface area contributed by atoms with Gasteiger partial charge in [0.1, 0.15) is 0 Å². The second-order valence-electron chi connectivity index (χ2n) is 5.83. The van der Waals surface area contributed by atoms with Crippen molar-refractivity contribution in [3.8, 4) is 0 Å². The number of aliphatic hydroxyl groups is 1. The number of aliphatic hydroxyl groups excluding tert-OH is 1. The molecular weight excluding hydrogens is 284 g/mol. The lowest BCUT2D eigenvalue weighted by molar-refractivity contribution is -0.384. The number of hydrogen-bond acceptors (Lipinski definition) is 6. The molecule has 7 heteroatoms. The number of hydrogen-bond donors (Lipinski definition) is 1. The molecule has 0 atom stereocenters. The molecule has 1 saturated heterocycles. The number of nitrogens with zero attached hydrogens (tertiary/aromatic N) is 4. The topological polar surface area (TPSA) is 82.7 Å². The molecule has 0 saturated carbocycles. The Kier molecular flexibility index (Phi) is 5.68. The van der Waals surface area contributed by atoms with Crippen LogP contribution in [0.5, 0.6) is 0 Å². The van der Waals surface area contributed by atoms with Gasteiger partial charge < -0.3 is 14.9 Å². The van der Waals surface area contributed by atoms with E-state index >= 15 is 0 Å². The minimum absolute atomic E-state index is 0.120. The van der Waals surface area contributed by atoms with Crippen LogP contribution in [-0.2, 0) is 0 Å². The van der Waals surface area contributed by atoms with Gasteiger partial charge in [0.25, 0.3) is 0 Å². The first kappa shape index (κ1) is 16.6. The maximum Gasteiger partial charge on any atom is 0.314 e. The Labute approximate surface area is 130 Å². The number of aryl methyl sites for hydroxylation is 1. The van der Waals surface area contributed by atoms with Crippen LogP contribution in [-0.4, -0.2) is 59.2 Å². The van der Waals surface area contributed by atoms with Crippen molar-refractivity contribution in [1.82, 2.24) is 9.88 Å². The van der Waals surface area contributed by atoms with Gasteiger partial charge in [-0.05, 0) is 39.3 Å². The van der Waals surface area contributed by atoms with Crippen molar-refractivity contribution < 1.29 is 10.0 Å². The van der Waals surface area contributed by atoms with Gasteiger partial charge in [0.05, 0.1) is 4.92 Å². The molecule has 1 aromatic rings. The number of nitro groups is 1. The number of piperidine rings is 1. The van der Waals surface area contributed by atoms with Gasteiger partial charge in [-0.15, -0.1) is 0 Å². The van der Waals surface area contributed by atoms with Crippen molar-refractivity contribution in [3.63, 3.8) is 0 Å². The van der Waals surface area contributed by atoms with Gasteiger partial charge in [0.2, 0.25) is 5.82 Å². The highest BCUT2D eigenvalue weighted by atomic mass is 16.6. The van der Waals surface area contributed by atoms with Crippen molar-refractivity contribution in [2.24, 2.45) is 0 Å². The van der Waals surface area contributed by atoms with Gasteiger partial charge in [-0.25, -0.2) is 4.98 Å². The fourth-order valence-corrected chi connectivity index (χ4v) is 3.01. The Morgan fingerprint density at radius 1 is 1.50 bits per heavy atom. The van der Waals surface area contributed by atoms with E-state index in [9.17, 15) is 10.1 Å². The monoisotopic (exact) mass is 308 g/mol. The average Bonchev–Trinajstić information content (AvgIpc) is 2.52. The lowest BCUT2D eigenvalue weighted by Gasteiger charge is -2.37. The smallest absolute Gasteiger partial charge is 0.314 e. The highest BCUT2D eigenvalue weighted by molar-refractivity contribution is 5.61. The SMILES string of the molecule is Cc1ccnc(N2CCC(N(C)CCCO)CC2)c1[N+](=O)[O-]. The van der Waals surface area contributed by atoms with Gasteiger partial charge in [0.15, 0.2) is 0 Å². The summed E-state index contributed by atoms with van der Waals surface area (Å²) in [5.74, 6) is 0.487. The summed E-state index contributed by atoms with van der Waals surface area (Å²) in [6.45, 7) is 4.38. The first-order chi connectivity index (χ1) is 10.5. The molecule has 0 aromatic carbocycles. The van der Waals surface area contributed by atoms with Gasteiger partial charge in [-0.1, -0.05) is 0 Å². The first-order valence-corrected chi connectivity index (χ1v) is 7.70. The van der Waals surface area contributed by atoms with E-state index in [1.165, 1.54) is 0 Å². The zero-order valence-corrected chi connectivity index (χ0v) is 13.2. The third-order valence-corrected chi connectivity index (χ3v) is 4.35. The van der Waals surface area contributed by atoms with Crippen LogP contribution in [0.1, 0.15) is 24.8 Å². The lowest BCUT2D eigenvalue weighted by Crippen LogP contribution is -2.44. The number of aromatic nitrogens is 1. The molecule has 22 heavy (non-hydrogen) atoms. The second kappa shape index (κ2) is 7.51. The van der Waals surface area contributed by atoms with E-state index in [-0.39, 0.29) is 17.2 Å². The predicted molar refractivity (Wildman–Crippen MR) is 85.2 cm³/mol. The quantitative estimate of drug-likeness (QED) is 0.634. The third kappa shape index (κ3) is 3.72. The Morgan fingerprint density at radius 2 is 2.18 bits per heavy atom. The molecule has 0 amide bonds. The second-order valence-corrected chi connectivity index (χ2v) is 5.83. The Bertz CT molecular complexity index is 516. The minimum atomic E-state index is -0.336. The van der Waals surface area contributed by atoms with Gasteiger partial charge in [0, 0.05) is 44.0 Å². The van der Waals surface area contributed by atoms with E-state index in [1.54, 1.807) is 19.2 Å². The van der Waals surface area contributed by atoms with Crippen molar-refractivity contribution >= 4 is 11.5 Å². The molecule has 0 bridgehead atoms. The van der Waals surface area contributed by atoms with Crippen LogP contribution in [0.2, 0.25) is 0 Å². The molecule has 1 fully saturated rings. The normalized spacial score (nSPS) is 16.3. The summed E-state index contributed by atoms with van der Waals surface area (Å²) in [6.07, 6.45) is 4.32. The summed E-state index contributed by atoms with van der Waals surface area (Å²) < 4.78 is 0. The fraction of sp³-hybridized carbons (Fsp3) is 0.667. The largest absolute Gasteiger partial charge is 0.396 e. The van der Waals surface area contributed by atoms with Crippen LogP contribution in [0.4, 0.5) is 11.5 Å². The molecule has 1 aromatic heterocycles. The van der Waals surface area contributed by atoms with Crippen molar-refractivity contribution in [1.29, 1.82) is 0 Å². The molecule has 2 rings (SSSR count). The van der Waals surface area contributed by atoms with E-state index < -0.39 is 0 Å². The Balaban J connectivity index is 2.03. The standard InChI is InChI=1S/C15H24N4O3/c1-12-4-7-16-15(14(12)19(21)22)18-9-5-13(6-10-18)17(2)8-3-11-20/h4,7,13,20H,3,5-6,8-11H2,1-2H3. The molecule has 0 spiro atoms. The van der Waals surface area contributed by atoms with Gasteiger partial charge in [-0.2, -0.15) is 0 Å². The zero-order chi connectivity index (χ0) is 16.1. The highest BCUT2D eigenvalue weighted by Gasteiger charge is 2.28. The highest BCUT2D eigenvalue weighted by Crippen LogP contribution is 2.31. The summed E-state index contributed by atoms with van der Waals surface area (Å²) in [4.78, 5) is 19.5. The van der Waals surface area contributed by atoms with Crippen LogP contribution >= 0.6 is 0 Å². The molecule has 7 nitrogen and oxygen atoms in total. The molecule has 1 aliphatic heterocycles. The minimum Gasteiger partial charge on any atom is -0.396 e. The van der Waals surface area contributed by atoms with Crippen LogP contribution in [0.3, 0.4) is 0 Å².